The molecule has 0 aromatic heterocycles. The second-order valence-electron chi connectivity index (χ2n) is 4.38. The Balaban J connectivity index is 2.22. The molecule has 0 spiro atoms. The SMILES string of the molecule is CN(C)C(=O)C1CNc2c#cc(C=S)cc2C1. The number of nitrogens with one attached hydrogen (secondary N) is 1. The molecule has 1 aliphatic heterocycles. The number of thiocarbonyl (C=S) groups is 1. The van der Waals surface area contributed by atoms with Gasteiger partial charge in [-0.1, -0.05) is 18.3 Å². The van der Waals surface area contributed by atoms with Gasteiger partial charge in [-0.3, -0.25) is 4.79 Å². The minimum Gasteiger partial charge on any atom is -0.377 e. The molecular weight excluding hydrogens is 232 g/mol. The van der Waals surface area contributed by atoms with Crippen molar-refractivity contribution in [3.8, 4) is 0 Å². The van der Waals surface area contributed by atoms with Crippen molar-refractivity contribution in [3.63, 3.8) is 0 Å². The molecular formula is C13H14N2OS. The van der Waals surface area contributed by atoms with Crippen LogP contribution in [0.2, 0.25) is 0 Å². The first-order chi connectivity index (χ1) is 8.11. The first kappa shape index (κ1) is 11.9. The summed E-state index contributed by atoms with van der Waals surface area (Å²) < 4.78 is 0. The molecule has 2 rings (SSSR count). The molecule has 1 aromatic rings. The van der Waals surface area contributed by atoms with E-state index in [1.807, 2.05) is 6.07 Å². The minimum absolute atomic E-state index is 0.00808. The van der Waals surface area contributed by atoms with E-state index in [0.29, 0.717) is 6.54 Å². The largest absolute Gasteiger partial charge is 0.377 e. The molecule has 4 heteroatoms. The molecule has 0 radical (unpaired) electrons. The highest BCUT2D eigenvalue weighted by Crippen LogP contribution is 2.24. The predicted molar refractivity (Wildman–Crippen MR) is 71.2 cm³/mol. The van der Waals surface area contributed by atoms with Crippen LogP contribution in [-0.2, 0) is 11.2 Å². The lowest BCUT2D eigenvalue weighted by Gasteiger charge is -2.26. The van der Waals surface area contributed by atoms with E-state index in [-0.39, 0.29) is 11.8 Å². The summed E-state index contributed by atoms with van der Waals surface area (Å²) in [7, 11) is 3.57. The van der Waals surface area contributed by atoms with Crippen molar-refractivity contribution in [1.29, 1.82) is 0 Å². The maximum absolute atomic E-state index is 11.9. The fourth-order valence-electron chi connectivity index (χ4n) is 2.00. The Labute approximate surface area is 107 Å². The topological polar surface area (TPSA) is 32.3 Å². The van der Waals surface area contributed by atoms with Crippen molar-refractivity contribution in [3.05, 3.63) is 29.3 Å². The number of nitrogens with zero attached hydrogens (tertiary/aromatic N) is 1. The van der Waals surface area contributed by atoms with Gasteiger partial charge in [-0.15, -0.1) is 0 Å². The molecule has 1 atom stereocenters. The van der Waals surface area contributed by atoms with E-state index in [1.54, 1.807) is 24.4 Å². The van der Waals surface area contributed by atoms with Gasteiger partial charge in [0.1, 0.15) is 0 Å². The zero-order valence-electron chi connectivity index (χ0n) is 9.91. The highest BCUT2D eigenvalue weighted by Gasteiger charge is 2.25. The standard InChI is InChI=1S/C13H14N2OS/c1-15(2)13(16)11-6-10-5-9(8-17)3-4-12(10)14-7-11/h5,8,11,14H,6-7H2,1-2H3. The lowest BCUT2D eigenvalue weighted by atomic mass is 9.93. The van der Waals surface area contributed by atoms with Crippen molar-refractivity contribution in [2.45, 2.75) is 6.42 Å². The number of amides is 1. The van der Waals surface area contributed by atoms with Crippen LogP contribution in [0.3, 0.4) is 0 Å². The number of carbonyl (C=O) groups excluding carboxylic acids is 1. The molecule has 17 heavy (non-hydrogen) atoms. The molecule has 1 unspecified atom stereocenters. The second-order valence-corrected chi connectivity index (χ2v) is 4.62. The van der Waals surface area contributed by atoms with Gasteiger partial charge in [0.15, 0.2) is 0 Å². The fourth-order valence-corrected chi connectivity index (χ4v) is 2.12. The summed E-state index contributed by atoms with van der Waals surface area (Å²) >= 11 is 4.87. The lowest BCUT2D eigenvalue weighted by molar-refractivity contribution is -0.132. The fraction of sp³-hybridized carbons (Fsp3) is 0.385. The van der Waals surface area contributed by atoms with E-state index in [2.05, 4.69) is 17.4 Å². The van der Waals surface area contributed by atoms with E-state index in [1.165, 1.54) is 0 Å². The van der Waals surface area contributed by atoms with Crippen LogP contribution in [0.25, 0.3) is 0 Å². The second kappa shape index (κ2) is 4.72. The summed E-state index contributed by atoms with van der Waals surface area (Å²) in [4.78, 5) is 13.5. The first-order valence-electron chi connectivity index (χ1n) is 5.49. The van der Waals surface area contributed by atoms with Crippen molar-refractivity contribution < 1.29 is 4.79 Å². The van der Waals surface area contributed by atoms with Gasteiger partial charge in [0.25, 0.3) is 0 Å². The van der Waals surface area contributed by atoms with Crippen LogP contribution in [0.15, 0.2) is 6.07 Å². The van der Waals surface area contributed by atoms with E-state index in [4.69, 9.17) is 12.2 Å². The molecule has 0 saturated carbocycles. The number of anilines is 1. The molecule has 1 aromatic carbocycles. The van der Waals surface area contributed by atoms with Gasteiger partial charge in [0, 0.05) is 31.6 Å². The number of hydrogen-bond acceptors (Lipinski definition) is 3. The average Bonchev–Trinajstić information content (AvgIpc) is 2.36. The van der Waals surface area contributed by atoms with Gasteiger partial charge in [0.2, 0.25) is 5.91 Å². The Morgan fingerprint density at radius 3 is 3.00 bits per heavy atom. The smallest absolute Gasteiger partial charge is 0.227 e. The summed E-state index contributed by atoms with van der Waals surface area (Å²) in [5.41, 5.74) is 2.87. The summed E-state index contributed by atoms with van der Waals surface area (Å²) in [6, 6.07) is 7.98. The Bertz CT molecular complexity index is 457. The highest BCUT2D eigenvalue weighted by atomic mass is 32.1. The predicted octanol–water partition coefficient (Wildman–Crippen LogP) is 1.31. The Kier molecular flexibility index (Phi) is 3.30. The third kappa shape index (κ3) is 2.40. The molecule has 88 valence electrons. The van der Waals surface area contributed by atoms with Crippen LogP contribution in [0.5, 0.6) is 0 Å². The minimum atomic E-state index is -0.00808. The molecule has 0 fully saturated rings. The van der Waals surface area contributed by atoms with Crippen molar-refractivity contribution in [1.82, 2.24) is 4.90 Å². The zero-order chi connectivity index (χ0) is 12.4. The first-order valence-corrected chi connectivity index (χ1v) is 5.96. The maximum atomic E-state index is 11.9. The molecule has 1 aliphatic rings. The Hall–Kier alpha value is -1.60. The van der Waals surface area contributed by atoms with Crippen molar-refractivity contribution in [2.24, 2.45) is 5.92 Å². The third-order valence-corrected chi connectivity index (χ3v) is 3.15. The zero-order valence-corrected chi connectivity index (χ0v) is 10.7. The summed E-state index contributed by atoms with van der Waals surface area (Å²) in [5.74, 6) is 0.145. The summed E-state index contributed by atoms with van der Waals surface area (Å²) in [6.07, 6.45) is 0.737. The van der Waals surface area contributed by atoms with Crippen molar-refractivity contribution in [2.75, 3.05) is 26.0 Å². The van der Waals surface area contributed by atoms with E-state index in [0.717, 1.165) is 23.2 Å². The molecule has 1 amide bonds. The lowest BCUT2D eigenvalue weighted by Crippen LogP contribution is -2.37. The average molecular weight is 246 g/mol. The quantitative estimate of drug-likeness (QED) is 0.799. The van der Waals surface area contributed by atoms with E-state index >= 15 is 0 Å². The van der Waals surface area contributed by atoms with Crippen LogP contribution >= 0.6 is 12.2 Å². The van der Waals surface area contributed by atoms with Gasteiger partial charge in [0.05, 0.1) is 11.6 Å². The van der Waals surface area contributed by atoms with Crippen molar-refractivity contribution >= 4 is 29.2 Å². The molecule has 0 saturated heterocycles. The van der Waals surface area contributed by atoms with Crippen LogP contribution in [0, 0.1) is 18.1 Å². The summed E-state index contributed by atoms with van der Waals surface area (Å²) in [5, 5.41) is 4.80. The van der Waals surface area contributed by atoms with Crippen LogP contribution in [-0.4, -0.2) is 36.8 Å². The van der Waals surface area contributed by atoms with Gasteiger partial charge in [-0.25, -0.2) is 0 Å². The molecule has 3 nitrogen and oxygen atoms in total. The maximum Gasteiger partial charge on any atom is 0.227 e. The van der Waals surface area contributed by atoms with Gasteiger partial charge in [-0.05, 0) is 24.1 Å². The number of hydrogen-bond donors (Lipinski definition) is 1. The normalized spacial score (nSPS) is 17.4. The number of carbonyl (C=O) groups is 1. The Morgan fingerprint density at radius 2 is 2.35 bits per heavy atom. The van der Waals surface area contributed by atoms with Gasteiger partial charge >= 0.3 is 0 Å². The van der Waals surface area contributed by atoms with E-state index in [9.17, 15) is 4.79 Å². The number of rotatable bonds is 2. The third-order valence-electron chi connectivity index (χ3n) is 2.89. The number of fused-ring (bicyclic) bond motifs is 1. The summed E-state index contributed by atoms with van der Waals surface area (Å²) in [6.45, 7) is 0.658. The van der Waals surface area contributed by atoms with Gasteiger partial charge in [-0.2, -0.15) is 0 Å². The van der Waals surface area contributed by atoms with Gasteiger partial charge < -0.3 is 10.2 Å². The van der Waals surface area contributed by atoms with E-state index < -0.39 is 0 Å². The molecule has 1 N–H and O–H groups in total. The van der Waals surface area contributed by atoms with Crippen LogP contribution in [0.4, 0.5) is 5.69 Å². The molecule has 0 bridgehead atoms. The van der Waals surface area contributed by atoms with Crippen LogP contribution < -0.4 is 5.32 Å². The monoisotopic (exact) mass is 246 g/mol. The molecule has 0 aliphatic carbocycles. The Morgan fingerprint density at radius 1 is 1.59 bits per heavy atom. The molecule has 1 heterocycles. The van der Waals surface area contributed by atoms with Crippen LogP contribution in [0.1, 0.15) is 11.1 Å². The highest BCUT2D eigenvalue weighted by molar-refractivity contribution is 7.79.